The van der Waals surface area contributed by atoms with Crippen molar-refractivity contribution in [3.63, 3.8) is 0 Å². The van der Waals surface area contributed by atoms with E-state index in [4.69, 9.17) is 11.6 Å². The molecule has 0 bridgehead atoms. The standard InChI is InChI=1S/C20H25ClN6O3/c1-23-8-2-3-17(14-23)24-9-11-25(12-10-24)18-13-22-26(20(28)19(18)21)15-4-6-16(7-5-15)27(29)30/h4-7,13,17H,2-3,8-12,14H2,1H3. The second-order valence-electron chi connectivity index (χ2n) is 7.92. The Morgan fingerprint density at radius 2 is 1.83 bits per heavy atom. The van der Waals surface area contributed by atoms with Crippen LogP contribution in [0, 0.1) is 10.1 Å². The van der Waals surface area contributed by atoms with E-state index in [1.807, 2.05) is 0 Å². The summed E-state index contributed by atoms with van der Waals surface area (Å²) < 4.78 is 1.17. The largest absolute Gasteiger partial charge is 0.366 e. The van der Waals surface area contributed by atoms with Crippen LogP contribution in [0.5, 0.6) is 0 Å². The summed E-state index contributed by atoms with van der Waals surface area (Å²) in [6, 6.07) is 6.25. The first-order valence-corrected chi connectivity index (χ1v) is 10.5. The van der Waals surface area contributed by atoms with Crippen molar-refractivity contribution in [1.82, 2.24) is 19.6 Å². The van der Waals surface area contributed by atoms with Gasteiger partial charge in [-0.05, 0) is 38.6 Å². The summed E-state index contributed by atoms with van der Waals surface area (Å²) in [5.41, 5.74) is 0.599. The summed E-state index contributed by atoms with van der Waals surface area (Å²) >= 11 is 6.42. The van der Waals surface area contributed by atoms with Crippen LogP contribution >= 0.6 is 11.6 Å². The van der Waals surface area contributed by atoms with E-state index in [0.29, 0.717) is 17.4 Å². The second-order valence-corrected chi connectivity index (χ2v) is 8.29. The molecule has 0 spiro atoms. The number of hydrogen-bond donors (Lipinski definition) is 0. The molecule has 1 aromatic heterocycles. The van der Waals surface area contributed by atoms with Gasteiger partial charge < -0.3 is 9.80 Å². The molecule has 3 heterocycles. The number of nitro groups is 1. The predicted octanol–water partition coefficient (Wildman–Crippen LogP) is 2.01. The van der Waals surface area contributed by atoms with Crippen molar-refractivity contribution in [3.8, 4) is 5.69 Å². The average Bonchev–Trinajstić information content (AvgIpc) is 2.76. The van der Waals surface area contributed by atoms with Crippen molar-refractivity contribution in [3.05, 3.63) is 56.0 Å². The van der Waals surface area contributed by atoms with Gasteiger partial charge in [-0.25, -0.2) is 0 Å². The molecule has 1 aromatic carbocycles. The number of hydrogen-bond acceptors (Lipinski definition) is 7. The molecule has 2 aliphatic rings. The number of aromatic nitrogens is 2. The molecule has 4 rings (SSSR count). The predicted molar refractivity (Wildman–Crippen MR) is 116 cm³/mol. The lowest BCUT2D eigenvalue weighted by atomic mass is 10.0. The first kappa shape index (κ1) is 20.8. The Labute approximate surface area is 179 Å². The lowest BCUT2D eigenvalue weighted by Crippen LogP contribution is -2.54. The minimum absolute atomic E-state index is 0.0449. The van der Waals surface area contributed by atoms with Crippen LogP contribution in [0.2, 0.25) is 5.02 Å². The number of rotatable bonds is 4. The van der Waals surface area contributed by atoms with E-state index in [2.05, 4.69) is 26.8 Å². The maximum atomic E-state index is 12.8. The smallest absolute Gasteiger partial charge is 0.292 e. The molecule has 30 heavy (non-hydrogen) atoms. The maximum Gasteiger partial charge on any atom is 0.292 e. The van der Waals surface area contributed by atoms with Crippen LogP contribution in [-0.4, -0.2) is 76.9 Å². The summed E-state index contributed by atoms with van der Waals surface area (Å²) in [6.07, 6.45) is 4.07. The third-order valence-corrected chi connectivity index (χ3v) is 6.33. The molecular formula is C20H25ClN6O3. The summed E-state index contributed by atoms with van der Waals surface area (Å²) in [7, 11) is 2.17. The van der Waals surface area contributed by atoms with Gasteiger partial charge in [-0.3, -0.25) is 19.8 Å². The number of benzene rings is 1. The van der Waals surface area contributed by atoms with Gasteiger partial charge in [0.15, 0.2) is 0 Å². The van der Waals surface area contributed by atoms with Crippen LogP contribution in [0.25, 0.3) is 5.69 Å². The lowest BCUT2D eigenvalue weighted by molar-refractivity contribution is -0.384. The third kappa shape index (κ3) is 4.19. The van der Waals surface area contributed by atoms with E-state index in [-0.39, 0.29) is 10.7 Å². The van der Waals surface area contributed by atoms with Crippen LogP contribution in [0.4, 0.5) is 11.4 Å². The van der Waals surface area contributed by atoms with E-state index in [9.17, 15) is 14.9 Å². The van der Waals surface area contributed by atoms with Crippen LogP contribution in [0.1, 0.15) is 12.8 Å². The summed E-state index contributed by atoms with van der Waals surface area (Å²) in [5.74, 6) is 0. The summed E-state index contributed by atoms with van der Waals surface area (Å²) in [6.45, 7) is 5.72. The molecule has 0 amide bonds. The van der Waals surface area contributed by atoms with Crippen molar-refractivity contribution in [2.24, 2.45) is 0 Å². The fourth-order valence-corrected chi connectivity index (χ4v) is 4.56. The molecule has 0 aliphatic carbocycles. The molecule has 0 N–H and O–H groups in total. The summed E-state index contributed by atoms with van der Waals surface area (Å²) in [4.78, 5) is 30.2. The molecule has 0 saturated carbocycles. The highest BCUT2D eigenvalue weighted by Gasteiger charge is 2.28. The van der Waals surface area contributed by atoms with E-state index in [0.717, 1.165) is 32.7 Å². The zero-order valence-corrected chi connectivity index (χ0v) is 17.7. The van der Waals surface area contributed by atoms with Gasteiger partial charge in [0.05, 0.1) is 22.5 Å². The fourth-order valence-electron chi connectivity index (χ4n) is 4.31. The maximum absolute atomic E-state index is 12.8. The SMILES string of the molecule is CN1CCCC(N2CCN(c3cnn(-c4ccc([N+](=O)[O-])cc4)c(=O)c3Cl)CC2)C1. The monoisotopic (exact) mass is 432 g/mol. The van der Waals surface area contributed by atoms with E-state index < -0.39 is 10.5 Å². The molecule has 9 nitrogen and oxygen atoms in total. The summed E-state index contributed by atoms with van der Waals surface area (Å²) in [5, 5.41) is 15.2. The Morgan fingerprint density at radius 1 is 1.13 bits per heavy atom. The van der Waals surface area contributed by atoms with Gasteiger partial charge in [-0.1, -0.05) is 11.6 Å². The molecule has 2 fully saturated rings. The zero-order valence-electron chi connectivity index (χ0n) is 16.9. The molecule has 0 radical (unpaired) electrons. The van der Waals surface area contributed by atoms with Gasteiger partial charge in [0.1, 0.15) is 5.02 Å². The van der Waals surface area contributed by atoms with E-state index in [1.54, 1.807) is 6.20 Å². The Balaban J connectivity index is 1.47. The molecule has 2 aromatic rings. The highest BCUT2D eigenvalue weighted by molar-refractivity contribution is 6.33. The fraction of sp³-hybridized carbons (Fsp3) is 0.500. The number of likely N-dealkylation sites (N-methyl/N-ethyl adjacent to an activating group) is 1. The van der Waals surface area contributed by atoms with Crippen LogP contribution in [-0.2, 0) is 0 Å². The number of nitrogens with zero attached hydrogens (tertiary/aromatic N) is 6. The van der Waals surface area contributed by atoms with Crippen molar-refractivity contribution in [2.45, 2.75) is 18.9 Å². The lowest BCUT2D eigenvalue weighted by Gasteiger charge is -2.43. The van der Waals surface area contributed by atoms with Crippen LogP contribution in [0.3, 0.4) is 0 Å². The minimum atomic E-state index is -0.485. The molecule has 1 unspecified atom stereocenters. The third-order valence-electron chi connectivity index (χ3n) is 5.98. The number of likely N-dealkylation sites (tertiary alicyclic amines) is 1. The molecule has 1 atom stereocenters. The number of piperazine rings is 1. The second kappa shape index (κ2) is 8.71. The first-order valence-electron chi connectivity index (χ1n) is 10.1. The quantitative estimate of drug-likeness (QED) is 0.539. The molecule has 160 valence electrons. The topological polar surface area (TPSA) is 87.8 Å². The van der Waals surface area contributed by atoms with Gasteiger partial charge in [0.25, 0.3) is 11.2 Å². The van der Waals surface area contributed by atoms with Crippen molar-refractivity contribution < 1.29 is 4.92 Å². The number of piperidine rings is 1. The first-order chi connectivity index (χ1) is 14.4. The van der Waals surface area contributed by atoms with Gasteiger partial charge in [0.2, 0.25) is 0 Å². The number of anilines is 1. The van der Waals surface area contributed by atoms with Crippen molar-refractivity contribution >= 4 is 23.0 Å². The van der Waals surface area contributed by atoms with Crippen molar-refractivity contribution in [1.29, 1.82) is 0 Å². The van der Waals surface area contributed by atoms with E-state index >= 15 is 0 Å². The Hall–Kier alpha value is -2.49. The Bertz CT molecular complexity index is 971. The van der Waals surface area contributed by atoms with Crippen molar-refractivity contribution in [2.75, 3.05) is 51.2 Å². The Kier molecular flexibility index (Phi) is 6.03. The number of non-ortho nitro benzene ring substituents is 1. The van der Waals surface area contributed by atoms with Gasteiger partial charge >= 0.3 is 0 Å². The Morgan fingerprint density at radius 3 is 2.47 bits per heavy atom. The van der Waals surface area contributed by atoms with Gasteiger partial charge in [-0.15, -0.1) is 0 Å². The zero-order chi connectivity index (χ0) is 21.3. The molecule has 2 aliphatic heterocycles. The molecular weight excluding hydrogens is 408 g/mol. The normalized spacial score (nSPS) is 21.0. The molecule has 2 saturated heterocycles. The molecule has 10 heteroatoms. The number of halogens is 1. The minimum Gasteiger partial charge on any atom is -0.366 e. The van der Waals surface area contributed by atoms with Crippen LogP contribution in [0.15, 0.2) is 35.3 Å². The number of nitro benzene ring substituents is 1. The average molecular weight is 433 g/mol. The van der Waals surface area contributed by atoms with E-state index in [1.165, 1.54) is 48.3 Å². The van der Waals surface area contributed by atoms with Crippen LogP contribution < -0.4 is 10.5 Å². The van der Waals surface area contributed by atoms with Gasteiger partial charge in [-0.2, -0.15) is 9.78 Å². The highest BCUT2D eigenvalue weighted by Crippen LogP contribution is 2.25. The highest BCUT2D eigenvalue weighted by atomic mass is 35.5. The van der Waals surface area contributed by atoms with Gasteiger partial charge in [0, 0.05) is 50.9 Å².